The molecule has 2 N–H and O–H groups in total. The molecule has 4 atom stereocenters. The number of rotatable bonds is 5. The number of ether oxygens (including phenoxy) is 1. The Labute approximate surface area is 137 Å². The molecule has 0 heterocycles. The number of nitro groups is 1. The van der Waals surface area contributed by atoms with E-state index in [1.165, 1.54) is 25.3 Å². The number of methoxy groups -OCH3 is 1. The van der Waals surface area contributed by atoms with Gasteiger partial charge in [-0.15, -0.1) is 0 Å². The maximum atomic E-state index is 12.6. The summed E-state index contributed by atoms with van der Waals surface area (Å²) in [6.07, 6.45) is 4.41. The fourth-order valence-corrected chi connectivity index (χ4v) is 3.63. The van der Waals surface area contributed by atoms with Gasteiger partial charge in [-0.1, -0.05) is 12.2 Å². The summed E-state index contributed by atoms with van der Waals surface area (Å²) in [6.45, 7) is 0. The minimum absolute atomic E-state index is 0.0971. The zero-order chi connectivity index (χ0) is 17.4. The van der Waals surface area contributed by atoms with Gasteiger partial charge in [0.15, 0.2) is 0 Å². The fourth-order valence-electron chi connectivity index (χ4n) is 3.63. The summed E-state index contributed by atoms with van der Waals surface area (Å²) in [4.78, 5) is 34.3. The van der Waals surface area contributed by atoms with Crippen molar-refractivity contribution in [2.24, 2.45) is 23.7 Å². The number of allylic oxidation sites excluding steroid dienone is 2. The van der Waals surface area contributed by atoms with E-state index in [0.29, 0.717) is 6.42 Å². The highest BCUT2D eigenvalue weighted by molar-refractivity contribution is 5.97. The number of nitrogens with zero attached hydrogens (tertiary/aromatic N) is 1. The number of nitrogens with one attached hydrogen (secondary N) is 1. The Hall–Kier alpha value is -2.90. The number of aliphatic carboxylic acids is 1. The Morgan fingerprint density at radius 3 is 2.54 bits per heavy atom. The molecule has 0 aliphatic heterocycles. The Morgan fingerprint density at radius 2 is 1.96 bits per heavy atom. The molecule has 1 saturated carbocycles. The Balaban J connectivity index is 1.83. The number of carboxylic acids is 1. The maximum absolute atomic E-state index is 12.6. The zero-order valence-electron chi connectivity index (χ0n) is 12.8. The molecule has 0 saturated heterocycles. The lowest BCUT2D eigenvalue weighted by Gasteiger charge is -2.24. The van der Waals surface area contributed by atoms with Crippen LogP contribution in [-0.2, 0) is 9.59 Å². The molecular weight excluding hydrogens is 316 g/mol. The standard InChI is InChI=1S/C16H16N2O6/c1-24-12-7-10(18(22)23)4-5-11(12)17-15(19)13-8-2-3-9(6-8)14(13)16(20)21/h2-5,7-9,13-14H,6H2,1H3,(H,17,19)(H,20,21)/t8-,9+,13+,14+/m1/s1. The molecular formula is C16H16N2O6. The minimum atomic E-state index is -0.984. The number of carboxylic acid groups (broad SMARTS) is 1. The van der Waals surface area contributed by atoms with E-state index >= 15 is 0 Å². The van der Waals surface area contributed by atoms with Crippen LogP contribution in [0.4, 0.5) is 11.4 Å². The second-order valence-electron chi connectivity index (χ2n) is 5.97. The predicted molar refractivity (Wildman–Crippen MR) is 83.6 cm³/mol. The topological polar surface area (TPSA) is 119 Å². The third kappa shape index (κ3) is 2.60. The lowest BCUT2D eigenvalue weighted by atomic mass is 9.82. The van der Waals surface area contributed by atoms with Crippen molar-refractivity contribution < 1.29 is 24.4 Å². The first-order valence-electron chi connectivity index (χ1n) is 7.46. The summed E-state index contributed by atoms with van der Waals surface area (Å²) in [5.41, 5.74) is 0.125. The smallest absolute Gasteiger partial charge is 0.307 e. The molecule has 0 unspecified atom stereocenters. The van der Waals surface area contributed by atoms with Gasteiger partial charge in [-0.25, -0.2) is 0 Å². The number of hydrogen-bond acceptors (Lipinski definition) is 5. The summed E-state index contributed by atoms with van der Waals surface area (Å²) >= 11 is 0. The number of hydrogen-bond donors (Lipinski definition) is 2. The summed E-state index contributed by atoms with van der Waals surface area (Å²) < 4.78 is 5.09. The lowest BCUT2D eigenvalue weighted by molar-refractivity contribution is -0.384. The van der Waals surface area contributed by atoms with Crippen LogP contribution in [0.15, 0.2) is 30.4 Å². The molecule has 0 spiro atoms. The first-order chi connectivity index (χ1) is 11.4. The predicted octanol–water partition coefficient (Wildman–Crippen LogP) is 2.06. The first-order valence-corrected chi connectivity index (χ1v) is 7.46. The number of carbonyl (C=O) groups is 2. The Kier molecular flexibility index (Phi) is 3.96. The minimum Gasteiger partial charge on any atom is -0.494 e. The molecule has 24 heavy (non-hydrogen) atoms. The van der Waals surface area contributed by atoms with Crippen LogP contribution >= 0.6 is 0 Å². The van der Waals surface area contributed by atoms with E-state index in [1.807, 2.05) is 12.2 Å². The Morgan fingerprint density at radius 1 is 1.29 bits per heavy atom. The van der Waals surface area contributed by atoms with E-state index in [0.717, 1.165) is 0 Å². The molecule has 8 nitrogen and oxygen atoms in total. The van der Waals surface area contributed by atoms with E-state index in [2.05, 4.69) is 5.32 Å². The quantitative estimate of drug-likeness (QED) is 0.484. The van der Waals surface area contributed by atoms with Gasteiger partial charge < -0.3 is 15.2 Å². The lowest BCUT2D eigenvalue weighted by Crippen LogP contribution is -2.36. The van der Waals surface area contributed by atoms with Gasteiger partial charge in [0, 0.05) is 6.07 Å². The average molecular weight is 332 g/mol. The van der Waals surface area contributed by atoms with Gasteiger partial charge in [-0.2, -0.15) is 0 Å². The van der Waals surface area contributed by atoms with Crippen molar-refractivity contribution in [3.8, 4) is 5.75 Å². The van der Waals surface area contributed by atoms with Crippen molar-refractivity contribution in [3.63, 3.8) is 0 Å². The van der Waals surface area contributed by atoms with E-state index < -0.39 is 28.6 Å². The number of benzene rings is 1. The highest BCUT2D eigenvalue weighted by Crippen LogP contribution is 2.48. The van der Waals surface area contributed by atoms with Crippen LogP contribution in [0.5, 0.6) is 5.75 Å². The molecule has 2 bridgehead atoms. The largest absolute Gasteiger partial charge is 0.494 e. The molecule has 1 amide bonds. The first kappa shape index (κ1) is 16.0. The highest BCUT2D eigenvalue weighted by Gasteiger charge is 2.51. The molecule has 8 heteroatoms. The molecule has 1 fully saturated rings. The molecule has 1 aromatic carbocycles. The van der Waals surface area contributed by atoms with Crippen molar-refractivity contribution in [1.82, 2.24) is 0 Å². The van der Waals surface area contributed by atoms with E-state index in [1.54, 1.807) is 0 Å². The SMILES string of the molecule is COc1cc([N+](=O)[O-])ccc1NC(=O)[C@@H]1[C@@H](C(=O)O)[C@H]2C=C[C@@H]1C2. The van der Waals surface area contributed by atoms with E-state index in [9.17, 15) is 24.8 Å². The summed E-state index contributed by atoms with van der Waals surface area (Å²) in [6, 6.07) is 3.85. The normalized spacial score (nSPS) is 27.0. The molecule has 0 radical (unpaired) electrons. The molecule has 126 valence electrons. The Bertz CT molecular complexity index is 744. The highest BCUT2D eigenvalue weighted by atomic mass is 16.6. The molecule has 2 aliphatic carbocycles. The van der Waals surface area contributed by atoms with Gasteiger partial charge in [0.1, 0.15) is 5.75 Å². The second-order valence-corrected chi connectivity index (χ2v) is 5.97. The zero-order valence-corrected chi connectivity index (χ0v) is 12.8. The number of nitro benzene ring substituents is 1. The van der Waals surface area contributed by atoms with Crippen LogP contribution < -0.4 is 10.1 Å². The molecule has 0 aromatic heterocycles. The van der Waals surface area contributed by atoms with Gasteiger partial charge in [-0.05, 0) is 24.3 Å². The van der Waals surface area contributed by atoms with E-state index in [-0.39, 0.29) is 29.0 Å². The number of non-ortho nitro benzene ring substituents is 1. The van der Waals surface area contributed by atoms with Crippen LogP contribution in [0.1, 0.15) is 6.42 Å². The number of fused-ring (bicyclic) bond motifs is 2. The summed E-state index contributed by atoms with van der Waals surface area (Å²) in [5, 5.41) is 22.9. The van der Waals surface area contributed by atoms with Gasteiger partial charge in [0.05, 0.1) is 35.6 Å². The third-order valence-corrected chi connectivity index (χ3v) is 4.70. The molecule has 2 aliphatic rings. The number of amides is 1. The van der Waals surface area contributed by atoms with Crippen LogP contribution in [-0.4, -0.2) is 29.0 Å². The number of anilines is 1. The molecule has 3 rings (SSSR count). The van der Waals surface area contributed by atoms with Gasteiger partial charge in [0.25, 0.3) is 5.69 Å². The molecule has 1 aromatic rings. The average Bonchev–Trinajstić information content (AvgIpc) is 3.15. The van der Waals surface area contributed by atoms with Crippen molar-refractivity contribution in [3.05, 3.63) is 40.5 Å². The van der Waals surface area contributed by atoms with Crippen molar-refractivity contribution in [1.29, 1.82) is 0 Å². The van der Waals surface area contributed by atoms with E-state index in [4.69, 9.17) is 4.74 Å². The van der Waals surface area contributed by atoms with Crippen LogP contribution in [0.2, 0.25) is 0 Å². The fraction of sp³-hybridized carbons (Fsp3) is 0.375. The van der Waals surface area contributed by atoms with Crippen molar-refractivity contribution in [2.45, 2.75) is 6.42 Å². The third-order valence-electron chi connectivity index (χ3n) is 4.70. The van der Waals surface area contributed by atoms with Crippen LogP contribution in [0.25, 0.3) is 0 Å². The van der Waals surface area contributed by atoms with Crippen molar-refractivity contribution >= 4 is 23.3 Å². The van der Waals surface area contributed by atoms with Gasteiger partial charge in [0.2, 0.25) is 5.91 Å². The van der Waals surface area contributed by atoms with Gasteiger partial charge >= 0.3 is 5.97 Å². The monoisotopic (exact) mass is 332 g/mol. The number of carbonyl (C=O) groups excluding carboxylic acids is 1. The van der Waals surface area contributed by atoms with Crippen LogP contribution in [0, 0.1) is 33.8 Å². The maximum Gasteiger partial charge on any atom is 0.307 e. The summed E-state index contributed by atoms with van der Waals surface area (Å²) in [7, 11) is 1.34. The van der Waals surface area contributed by atoms with Crippen molar-refractivity contribution in [2.75, 3.05) is 12.4 Å². The summed E-state index contributed by atoms with van der Waals surface area (Å²) in [5.74, 6) is -2.86. The van der Waals surface area contributed by atoms with Gasteiger partial charge in [-0.3, -0.25) is 19.7 Å². The van der Waals surface area contributed by atoms with Crippen LogP contribution in [0.3, 0.4) is 0 Å². The second kappa shape index (κ2) is 5.95.